The Morgan fingerprint density at radius 2 is 1.92 bits per heavy atom. The van der Waals surface area contributed by atoms with Gasteiger partial charge in [-0.1, -0.05) is 0 Å². The summed E-state index contributed by atoms with van der Waals surface area (Å²) in [6.07, 6.45) is 1.50. The van der Waals surface area contributed by atoms with Crippen molar-refractivity contribution in [1.82, 2.24) is 21.3 Å². The highest BCUT2D eigenvalue weighted by atomic mass is 32.1. The van der Waals surface area contributed by atoms with Crippen molar-refractivity contribution in [2.75, 3.05) is 25.4 Å². The highest BCUT2D eigenvalue weighted by molar-refractivity contribution is 7.80. The van der Waals surface area contributed by atoms with Crippen molar-refractivity contribution in [2.24, 2.45) is 0 Å². The Morgan fingerprint density at radius 3 is 2.42 bits per heavy atom. The van der Waals surface area contributed by atoms with Gasteiger partial charge < -0.3 is 31.5 Å². The first-order chi connectivity index (χ1) is 11.4. The molecule has 24 heavy (non-hydrogen) atoms. The number of carboxylic acid groups (broad SMARTS) is 1. The van der Waals surface area contributed by atoms with Crippen LogP contribution in [0.2, 0.25) is 0 Å². The van der Waals surface area contributed by atoms with Gasteiger partial charge in [-0.3, -0.25) is 14.4 Å². The minimum atomic E-state index is -1.24. The van der Waals surface area contributed by atoms with E-state index in [1.807, 2.05) is 0 Å². The van der Waals surface area contributed by atoms with E-state index < -0.39 is 55.0 Å². The van der Waals surface area contributed by atoms with Crippen LogP contribution in [0.15, 0.2) is 0 Å². The summed E-state index contributed by atoms with van der Waals surface area (Å²) in [7, 11) is 0. The van der Waals surface area contributed by atoms with E-state index in [-0.39, 0.29) is 5.75 Å². The minimum absolute atomic E-state index is 0.0985. The number of carbonyl (C=O) groups excluding carboxylic acids is 3. The fraction of sp³-hybridized carbons (Fsp3) is 0.692. The fourth-order valence-corrected chi connectivity index (χ4v) is 2.34. The highest BCUT2D eigenvalue weighted by Gasteiger charge is 2.27. The normalized spacial score (nSPS) is 19.2. The summed E-state index contributed by atoms with van der Waals surface area (Å²) < 4.78 is 0. The van der Waals surface area contributed by atoms with Gasteiger partial charge in [-0.15, -0.1) is 0 Å². The maximum Gasteiger partial charge on any atom is 0.327 e. The van der Waals surface area contributed by atoms with Crippen molar-refractivity contribution in [1.29, 1.82) is 0 Å². The Hall–Kier alpha value is -1.85. The number of nitrogens with one attached hydrogen (secondary N) is 4. The van der Waals surface area contributed by atoms with E-state index in [1.54, 1.807) is 0 Å². The van der Waals surface area contributed by atoms with Gasteiger partial charge in [-0.2, -0.15) is 12.6 Å². The van der Waals surface area contributed by atoms with E-state index in [1.165, 1.54) is 0 Å². The molecule has 0 aliphatic carbocycles. The third kappa shape index (κ3) is 6.34. The molecule has 10 nitrogen and oxygen atoms in total. The van der Waals surface area contributed by atoms with Crippen LogP contribution in [0.3, 0.4) is 0 Å². The summed E-state index contributed by atoms with van der Waals surface area (Å²) in [6.45, 7) is -0.394. The number of carbonyl (C=O) groups is 4. The van der Waals surface area contributed by atoms with E-state index in [2.05, 4.69) is 33.9 Å². The molecular formula is C13H22N4O6S. The number of aliphatic hydroxyl groups excluding tert-OH is 1. The van der Waals surface area contributed by atoms with E-state index in [4.69, 9.17) is 5.11 Å². The van der Waals surface area contributed by atoms with Crippen molar-refractivity contribution in [3.05, 3.63) is 0 Å². The molecule has 0 bridgehead atoms. The molecule has 1 aliphatic rings. The standard InChI is InChI=1S/C13H22N4O6S/c18-5-8(17-12(21)7-2-1-3-14-7)11(20)15-4-10(19)16-9(6-24)13(22)23/h7-9,14,18,24H,1-6H2,(H,15,20)(H,16,19)(H,17,21)(H,22,23). The number of aliphatic carboxylic acids is 1. The van der Waals surface area contributed by atoms with E-state index in [9.17, 15) is 24.3 Å². The number of thiol groups is 1. The van der Waals surface area contributed by atoms with Crippen LogP contribution in [-0.4, -0.2) is 77.5 Å². The summed E-state index contributed by atoms with van der Waals surface area (Å²) >= 11 is 3.80. The van der Waals surface area contributed by atoms with Crippen molar-refractivity contribution in [3.63, 3.8) is 0 Å². The summed E-state index contributed by atoms with van der Waals surface area (Å²) in [5.41, 5.74) is 0. The molecule has 1 heterocycles. The van der Waals surface area contributed by atoms with E-state index in [0.717, 1.165) is 6.42 Å². The smallest absolute Gasteiger partial charge is 0.327 e. The maximum atomic E-state index is 11.9. The van der Waals surface area contributed by atoms with Crippen LogP contribution < -0.4 is 21.3 Å². The van der Waals surface area contributed by atoms with Crippen molar-refractivity contribution in [2.45, 2.75) is 31.0 Å². The lowest BCUT2D eigenvalue weighted by molar-refractivity contribution is -0.141. The lowest BCUT2D eigenvalue weighted by atomic mass is 10.2. The van der Waals surface area contributed by atoms with Crippen LogP contribution in [0.5, 0.6) is 0 Å². The lowest BCUT2D eigenvalue weighted by Gasteiger charge is -2.19. The van der Waals surface area contributed by atoms with Gasteiger partial charge in [0, 0.05) is 5.75 Å². The molecule has 0 aromatic heterocycles. The summed E-state index contributed by atoms with van der Waals surface area (Å²) in [5, 5.41) is 27.8. The molecule has 3 atom stereocenters. The molecule has 136 valence electrons. The van der Waals surface area contributed by atoms with Gasteiger partial charge in [0.1, 0.15) is 12.1 Å². The van der Waals surface area contributed by atoms with Crippen LogP contribution in [0.25, 0.3) is 0 Å². The van der Waals surface area contributed by atoms with E-state index in [0.29, 0.717) is 13.0 Å². The minimum Gasteiger partial charge on any atom is -0.480 e. The molecule has 1 saturated heterocycles. The molecule has 1 aliphatic heterocycles. The fourth-order valence-electron chi connectivity index (χ4n) is 2.10. The topological polar surface area (TPSA) is 157 Å². The average molecular weight is 362 g/mol. The lowest BCUT2D eigenvalue weighted by Crippen LogP contribution is -2.54. The molecule has 11 heteroatoms. The van der Waals surface area contributed by atoms with Gasteiger partial charge in [0.05, 0.1) is 19.2 Å². The molecule has 0 spiro atoms. The number of hydrogen-bond acceptors (Lipinski definition) is 7. The van der Waals surface area contributed by atoms with Gasteiger partial charge in [0.25, 0.3) is 0 Å². The molecule has 0 aromatic carbocycles. The van der Waals surface area contributed by atoms with Crippen molar-refractivity contribution in [3.8, 4) is 0 Å². The third-order valence-corrected chi connectivity index (χ3v) is 3.80. The number of carboxylic acids is 1. The maximum absolute atomic E-state index is 11.9. The first-order valence-electron chi connectivity index (χ1n) is 7.44. The van der Waals surface area contributed by atoms with Crippen LogP contribution in [-0.2, 0) is 19.2 Å². The zero-order chi connectivity index (χ0) is 18.1. The van der Waals surface area contributed by atoms with E-state index >= 15 is 0 Å². The first kappa shape index (κ1) is 20.2. The molecule has 0 radical (unpaired) electrons. The summed E-state index contributed by atoms with van der Waals surface area (Å²) in [4.78, 5) is 46.1. The molecule has 1 fully saturated rings. The Morgan fingerprint density at radius 1 is 1.21 bits per heavy atom. The third-order valence-electron chi connectivity index (χ3n) is 3.43. The Kier molecular flexibility index (Phi) is 8.50. The Bertz CT molecular complexity index is 483. The molecule has 0 aromatic rings. The Labute approximate surface area is 144 Å². The zero-order valence-electron chi connectivity index (χ0n) is 12.9. The number of hydrogen-bond donors (Lipinski definition) is 7. The second-order valence-corrected chi connectivity index (χ2v) is 5.62. The van der Waals surface area contributed by atoms with Crippen molar-refractivity contribution < 1.29 is 29.4 Å². The van der Waals surface area contributed by atoms with Gasteiger partial charge in [0.2, 0.25) is 17.7 Å². The molecule has 6 N–H and O–H groups in total. The largest absolute Gasteiger partial charge is 0.480 e. The van der Waals surface area contributed by atoms with Crippen molar-refractivity contribution >= 4 is 36.3 Å². The molecular weight excluding hydrogens is 340 g/mol. The Balaban J connectivity index is 2.41. The quantitative estimate of drug-likeness (QED) is 0.213. The second kappa shape index (κ2) is 10.1. The van der Waals surface area contributed by atoms with Crippen LogP contribution in [0.4, 0.5) is 0 Å². The van der Waals surface area contributed by atoms with Crippen LogP contribution in [0, 0.1) is 0 Å². The highest BCUT2D eigenvalue weighted by Crippen LogP contribution is 2.04. The predicted octanol–water partition coefficient (Wildman–Crippen LogP) is -3.17. The second-order valence-electron chi connectivity index (χ2n) is 5.25. The van der Waals surface area contributed by atoms with Crippen LogP contribution in [0.1, 0.15) is 12.8 Å². The molecule has 3 unspecified atom stereocenters. The number of aliphatic hydroxyl groups is 1. The first-order valence-corrected chi connectivity index (χ1v) is 8.07. The molecule has 3 amide bonds. The zero-order valence-corrected chi connectivity index (χ0v) is 13.8. The summed E-state index contributed by atoms with van der Waals surface area (Å²) in [6, 6.07) is -2.76. The van der Waals surface area contributed by atoms with Gasteiger partial charge in [-0.05, 0) is 19.4 Å². The van der Waals surface area contributed by atoms with Gasteiger partial charge in [0.15, 0.2) is 0 Å². The average Bonchev–Trinajstić information content (AvgIpc) is 3.09. The SMILES string of the molecule is O=C(CNC(=O)C(CO)NC(=O)C1CCCN1)NC(CS)C(=O)O. The molecule has 0 saturated carbocycles. The van der Waals surface area contributed by atoms with Gasteiger partial charge >= 0.3 is 5.97 Å². The summed E-state index contributed by atoms with van der Waals surface area (Å²) in [5.74, 6) is -3.19. The van der Waals surface area contributed by atoms with Crippen LogP contribution >= 0.6 is 12.6 Å². The predicted molar refractivity (Wildman–Crippen MR) is 86.5 cm³/mol. The monoisotopic (exact) mass is 362 g/mol. The number of amides is 3. The molecule has 1 rings (SSSR count). The number of rotatable bonds is 9. The van der Waals surface area contributed by atoms with Gasteiger partial charge in [-0.25, -0.2) is 4.79 Å².